The third-order valence-electron chi connectivity index (χ3n) is 2.39. The van der Waals surface area contributed by atoms with Gasteiger partial charge in [-0.25, -0.2) is 17.8 Å². The molecule has 0 aliphatic rings. The van der Waals surface area contributed by atoms with Crippen LogP contribution < -0.4 is 10.5 Å². The minimum atomic E-state index is -3.83. The lowest BCUT2D eigenvalue weighted by atomic mass is 10.4. The van der Waals surface area contributed by atoms with E-state index in [0.29, 0.717) is 17.6 Å². The van der Waals surface area contributed by atoms with Crippen molar-refractivity contribution < 1.29 is 17.2 Å². The highest BCUT2D eigenvalue weighted by Crippen LogP contribution is 2.23. The number of hydrogen-bond acceptors (Lipinski definition) is 4. The van der Waals surface area contributed by atoms with Crippen LogP contribution in [0.4, 0.5) is 8.78 Å². The van der Waals surface area contributed by atoms with Crippen molar-refractivity contribution in [2.45, 2.75) is 31.7 Å². The Kier molecular flexibility index (Phi) is 4.77. The summed E-state index contributed by atoms with van der Waals surface area (Å²) in [6.07, 6.45) is 0.473. The van der Waals surface area contributed by atoms with Crippen molar-refractivity contribution in [3.8, 4) is 0 Å². The number of halogens is 2. The van der Waals surface area contributed by atoms with Crippen molar-refractivity contribution in [2.24, 2.45) is 5.73 Å². The van der Waals surface area contributed by atoms with Gasteiger partial charge in [0.15, 0.2) is 0 Å². The van der Waals surface area contributed by atoms with Crippen LogP contribution in [0, 0.1) is 13.8 Å². The van der Waals surface area contributed by atoms with Crippen molar-refractivity contribution in [3.63, 3.8) is 0 Å². The van der Waals surface area contributed by atoms with Crippen LogP contribution in [-0.2, 0) is 10.0 Å². The number of aryl methyl sites for hydroxylation is 1. The molecule has 0 aliphatic carbocycles. The molecule has 1 heterocycles. The summed E-state index contributed by atoms with van der Waals surface area (Å²) in [6.45, 7) is 0.318. The number of aromatic nitrogens is 2. The van der Waals surface area contributed by atoms with E-state index in [-0.39, 0.29) is 22.8 Å². The Balaban J connectivity index is 3.09. The first-order valence-corrected chi connectivity index (χ1v) is 6.83. The van der Waals surface area contributed by atoms with E-state index in [0.717, 1.165) is 0 Å². The molecule has 0 aliphatic heterocycles. The van der Waals surface area contributed by atoms with E-state index >= 15 is 0 Å². The largest absolute Gasteiger partial charge is 0.333 e. The fourth-order valence-corrected chi connectivity index (χ4v) is 3.08. The molecule has 0 spiro atoms. The molecule has 0 unspecified atom stereocenters. The zero-order chi connectivity index (χ0) is 13.9. The second-order valence-corrected chi connectivity index (χ2v) is 5.47. The summed E-state index contributed by atoms with van der Waals surface area (Å²) >= 11 is 0. The average molecular weight is 282 g/mol. The first kappa shape index (κ1) is 15.0. The Hall–Kier alpha value is -1.06. The number of nitrogens with one attached hydrogen (secondary N) is 1. The minimum Gasteiger partial charge on any atom is -0.330 e. The van der Waals surface area contributed by atoms with Crippen LogP contribution in [-0.4, -0.2) is 31.3 Å². The Morgan fingerprint density at radius 2 is 2.06 bits per heavy atom. The number of hydrogen-bond donors (Lipinski definition) is 2. The molecule has 18 heavy (non-hydrogen) atoms. The van der Waals surface area contributed by atoms with Gasteiger partial charge in [-0.15, -0.1) is 0 Å². The predicted molar refractivity (Wildman–Crippen MR) is 61.8 cm³/mol. The van der Waals surface area contributed by atoms with Gasteiger partial charge in [0.1, 0.15) is 4.90 Å². The quantitative estimate of drug-likeness (QED) is 0.744. The Morgan fingerprint density at radius 1 is 1.44 bits per heavy atom. The van der Waals surface area contributed by atoms with Gasteiger partial charge < -0.3 is 5.73 Å². The molecule has 0 amide bonds. The van der Waals surface area contributed by atoms with Crippen LogP contribution in [0.1, 0.15) is 24.4 Å². The monoisotopic (exact) mass is 282 g/mol. The van der Waals surface area contributed by atoms with Crippen LogP contribution in [0.5, 0.6) is 0 Å². The molecule has 0 saturated carbocycles. The van der Waals surface area contributed by atoms with Gasteiger partial charge >= 0.3 is 6.55 Å². The van der Waals surface area contributed by atoms with Gasteiger partial charge in [0.25, 0.3) is 0 Å². The molecule has 6 nitrogen and oxygen atoms in total. The van der Waals surface area contributed by atoms with Crippen LogP contribution in [0.25, 0.3) is 0 Å². The summed E-state index contributed by atoms with van der Waals surface area (Å²) in [5, 5.41) is 3.53. The Labute approximate surface area is 104 Å². The van der Waals surface area contributed by atoms with E-state index in [1.807, 2.05) is 0 Å². The molecule has 0 aromatic carbocycles. The third-order valence-corrected chi connectivity index (χ3v) is 4.10. The number of rotatable bonds is 6. The predicted octanol–water partition coefficient (Wildman–Crippen LogP) is 0.522. The first-order chi connectivity index (χ1) is 8.31. The van der Waals surface area contributed by atoms with Crippen molar-refractivity contribution >= 4 is 10.0 Å². The van der Waals surface area contributed by atoms with E-state index in [2.05, 4.69) is 9.82 Å². The summed E-state index contributed by atoms with van der Waals surface area (Å²) in [7, 11) is -3.83. The minimum absolute atomic E-state index is 0.0491. The second-order valence-electron chi connectivity index (χ2n) is 3.76. The van der Waals surface area contributed by atoms with Crippen LogP contribution >= 0.6 is 0 Å². The highest BCUT2D eigenvalue weighted by molar-refractivity contribution is 7.89. The van der Waals surface area contributed by atoms with Crippen molar-refractivity contribution in [1.82, 2.24) is 14.5 Å². The molecule has 1 aromatic heterocycles. The number of sulfonamides is 1. The van der Waals surface area contributed by atoms with Crippen molar-refractivity contribution in [1.29, 1.82) is 0 Å². The van der Waals surface area contributed by atoms with Crippen molar-refractivity contribution in [3.05, 3.63) is 11.4 Å². The third kappa shape index (κ3) is 3.03. The molecular formula is C9H16F2N4O2S. The summed E-state index contributed by atoms with van der Waals surface area (Å²) in [5.74, 6) is 0. The Bertz CT molecular complexity index is 513. The standard InChI is InChI=1S/C9H16F2N4O2S/c1-6-8(7(2)15(14-6)9(10)11)18(16,17)13-5-3-4-12/h9,13H,3-5,12H2,1-2H3. The van der Waals surface area contributed by atoms with Gasteiger partial charge in [-0.05, 0) is 26.8 Å². The lowest BCUT2D eigenvalue weighted by molar-refractivity contribution is 0.0538. The van der Waals surface area contributed by atoms with Crippen LogP contribution in [0.15, 0.2) is 4.90 Å². The average Bonchev–Trinajstić information content (AvgIpc) is 2.55. The van der Waals surface area contributed by atoms with Gasteiger partial charge in [-0.1, -0.05) is 0 Å². The summed E-state index contributed by atoms with van der Waals surface area (Å²) in [6, 6.07) is 0. The lowest BCUT2D eigenvalue weighted by Crippen LogP contribution is -2.27. The summed E-state index contributed by atoms with van der Waals surface area (Å²) in [4.78, 5) is -0.195. The second kappa shape index (κ2) is 5.72. The molecule has 1 aromatic rings. The molecule has 0 saturated heterocycles. The molecule has 0 bridgehead atoms. The van der Waals surface area contributed by atoms with E-state index in [4.69, 9.17) is 5.73 Å². The van der Waals surface area contributed by atoms with Gasteiger partial charge in [0, 0.05) is 6.54 Å². The topological polar surface area (TPSA) is 90.0 Å². The van der Waals surface area contributed by atoms with Gasteiger partial charge in [0.05, 0.1) is 11.4 Å². The van der Waals surface area contributed by atoms with E-state index in [9.17, 15) is 17.2 Å². The normalized spacial score (nSPS) is 12.3. The molecule has 3 N–H and O–H groups in total. The molecule has 0 radical (unpaired) electrons. The smallest absolute Gasteiger partial charge is 0.330 e. The highest BCUT2D eigenvalue weighted by atomic mass is 32.2. The van der Waals surface area contributed by atoms with Crippen LogP contribution in [0.2, 0.25) is 0 Å². The maximum absolute atomic E-state index is 12.6. The summed E-state index contributed by atoms with van der Waals surface area (Å²) < 4.78 is 51.7. The van der Waals surface area contributed by atoms with E-state index in [1.54, 1.807) is 0 Å². The van der Waals surface area contributed by atoms with Gasteiger partial charge in [-0.2, -0.15) is 13.9 Å². The maximum atomic E-state index is 12.6. The lowest BCUT2D eigenvalue weighted by Gasteiger charge is -2.07. The fourth-order valence-electron chi connectivity index (χ4n) is 1.61. The molecular weight excluding hydrogens is 266 g/mol. The van der Waals surface area contributed by atoms with Gasteiger partial charge in [0.2, 0.25) is 10.0 Å². The van der Waals surface area contributed by atoms with Crippen molar-refractivity contribution in [2.75, 3.05) is 13.1 Å². The SMILES string of the molecule is Cc1nn(C(F)F)c(C)c1S(=O)(=O)NCCCN. The molecule has 9 heteroatoms. The highest BCUT2D eigenvalue weighted by Gasteiger charge is 2.26. The summed E-state index contributed by atoms with van der Waals surface area (Å²) in [5.41, 5.74) is 5.22. The molecule has 104 valence electrons. The van der Waals surface area contributed by atoms with E-state index < -0.39 is 16.6 Å². The van der Waals surface area contributed by atoms with Crippen LogP contribution in [0.3, 0.4) is 0 Å². The molecule has 0 fully saturated rings. The fraction of sp³-hybridized carbons (Fsp3) is 0.667. The van der Waals surface area contributed by atoms with E-state index in [1.165, 1.54) is 13.8 Å². The maximum Gasteiger partial charge on any atom is 0.333 e. The Morgan fingerprint density at radius 3 is 2.50 bits per heavy atom. The number of nitrogens with two attached hydrogens (primary N) is 1. The zero-order valence-electron chi connectivity index (χ0n) is 10.2. The van der Waals surface area contributed by atoms with Gasteiger partial charge in [-0.3, -0.25) is 0 Å². The number of nitrogens with zero attached hydrogens (tertiary/aromatic N) is 2. The number of alkyl halides is 2. The first-order valence-electron chi connectivity index (χ1n) is 5.35. The molecule has 1 rings (SSSR count). The molecule has 0 atom stereocenters. The zero-order valence-corrected chi connectivity index (χ0v) is 11.0.